The quantitative estimate of drug-likeness (QED) is 0.854. The third-order valence-corrected chi connectivity index (χ3v) is 3.39. The number of hydrogen-bond donors (Lipinski definition) is 1. The van der Waals surface area contributed by atoms with Crippen LogP contribution >= 0.6 is 11.8 Å². The molecule has 2 rings (SSSR count). The van der Waals surface area contributed by atoms with Gasteiger partial charge in [-0.1, -0.05) is 12.1 Å². The van der Waals surface area contributed by atoms with Gasteiger partial charge >= 0.3 is 0 Å². The van der Waals surface area contributed by atoms with E-state index in [0.29, 0.717) is 0 Å². The third-order valence-electron chi connectivity index (χ3n) is 2.36. The van der Waals surface area contributed by atoms with Crippen molar-refractivity contribution in [3.05, 3.63) is 29.8 Å². The minimum absolute atomic E-state index is 0.198. The summed E-state index contributed by atoms with van der Waals surface area (Å²) in [5.41, 5.74) is 1.97. The lowest BCUT2D eigenvalue weighted by molar-refractivity contribution is -0.125. The lowest BCUT2D eigenvalue weighted by Gasteiger charge is -2.11. The lowest BCUT2D eigenvalue weighted by Crippen LogP contribution is -2.31. The number of anilines is 1. The van der Waals surface area contributed by atoms with Crippen molar-refractivity contribution in [1.82, 2.24) is 4.90 Å². The molecule has 0 aliphatic carbocycles. The second-order valence-electron chi connectivity index (χ2n) is 3.67. The van der Waals surface area contributed by atoms with Crippen molar-refractivity contribution in [2.75, 3.05) is 12.4 Å². The second-order valence-corrected chi connectivity index (χ2v) is 4.73. The van der Waals surface area contributed by atoms with Crippen molar-refractivity contribution in [3.63, 3.8) is 0 Å². The Kier molecular flexibility index (Phi) is 2.87. The van der Waals surface area contributed by atoms with Gasteiger partial charge in [0.05, 0.1) is 0 Å². The molecule has 1 atom stereocenters. The molecule has 1 N–H and O–H groups in total. The van der Waals surface area contributed by atoms with E-state index in [2.05, 4.69) is 5.32 Å². The van der Waals surface area contributed by atoms with Gasteiger partial charge in [-0.25, -0.2) is 0 Å². The van der Waals surface area contributed by atoms with Crippen LogP contribution in [-0.2, 0) is 4.79 Å². The van der Waals surface area contributed by atoms with Gasteiger partial charge in [-0.05, 0) is 36.4 Å². The van der Waals surface area contributed by atoms with E-state index in [-0.39, 0.29) is 11.1 Å². The fraction of sp³-hybridized carbons (Fsp3) is 0.273. The van der Waals surface area contributed by atoms with Crippen molar-refractivity contribution in [2.24, 2.45) is 0 Å². The highest BCUT2D eigenvalue weighted by Crippen LogP contribution is 2.26. The van der Waals surface area contributed by atoms with Crippen LogP contribution < -0.4 is 5.32 Å². The molecule has 84 valence electrons. The van der Waals surface area contributed by atoms with Crippen LogP contribution in [0.3, 0.4) is 0 Å². The molecule has 1 fully saturated rings. The number of nitrogens with one attached hydrogen (secondary N) is 1. The smallest absolute Gasteiger partial charge is 0.290 e. The minimum atomic E-state index is -0.501. The summed E-state index contributed by atoms with van der Waals surface area (Å²) in [7, 11) is 1.50. The summed E-state index contributed by atoms with van der Waals surface area (Å²) in [6, 6.07) is 7.71. The van der Waals surface area contributed by atoms with Crippen molar-refractivity contribution < 1.29 is 9.59 Å². The van der Waals surface area contributed by atoms with E-state index in [1.54, 1.807) is 0 Å². The first-order chi connectivity index (χ1) is 7.58. The van der Waals surface area contributed by atoms with Crippen LogP contribution in [0.25, 0.3) is 0 Å². The van der Waals surface area contributed by atoms with Gasteiger partial charge in [0, 0.05) is 12.7 Å². The van der Waals surface area contributed by atoms with Crippen molar-refractivity contribution in [3.8, 4) is 0 Å². The molecule has 1 saturated heterocycles. The summed E-state index contributed by atoms with van der Waals surface area (Å²) in [4.78, 5) is 24.0. The zero-order valence-corrected chi connectivity index (χ0v) is 9.88. The van der Waals surface area contributed by atoms with Crippen molar-refractivity contribution in [1.29, 1.82) is 0 Å². The van der Waals surface area contributed by atoms with E-state index in [4.69, 9.17) is 0 Å². The van der Waals surface area contributed by atoms with Gasteiger partial charge in [-0.2, -0.15) is 0 Å². The van der Waals surface area contributed by atoms with Crippen molar-refractivity contribution >= 4 is 28.6 Å². The molecule has 2 amide bonds. The number of imide groups is 1. The van der Waals surface area contributed by atoms with Crippen LogP contribution in [0.15, 0.2) is 24.3 Å². The average Bonchev–Trinajstić information content (AvgIpc) is 2.47. The summed E-state index contributed by atoms with van der Waals surface area (Å²) < 4.78 is 0. The summed E-state index contributed by atoms with van der Waals surface area (Å²) in [6.45, 7) is 1.98. The van der Waals surface area contributed by atoms with Gasteiger partial charge in [0.15, 0.2) is 5.37 Å². The van der Waals surface area contributed by atoms with Gasteiger partial charge in [-0.3, -0.25) is 14.5 Å². The van der Waals surface area contributed by atoms with Crippen LogP contribution in [0.1, 0.15) is 5.56 Å². The Labute approximate surface area is 98.0 Å². The fourth-order valence-electron chi connectivity index (χ4n) is 1.47. The number of rotatable bonds is 2. The number of carbonyl (C=O) groups is 2. The van der Waals surface area contributed by atoms with E-state index >= 15 is 0 Å². The maximum atomic E-state index is 11.6. The predicted molar refractivity (Wildman–Crippen MR) is 64.3 cm³/mol. The van der Waals surface area contributed by atoms with Gasteiger partial charge in [0.25, 0.3) is 11.1 Å². The van der Waals surface area contributed by atoms with Crippen LogP contribution in [0.5, 0.6) is 0 Å². The number of thioether (sulfide) groups is 1. The molecular formula is C11H12N2O2S. The summed E-state index contributed by atoms with van der Waals surface area (Å²) in [5, 5.41) is 2.33. The van der Waals surface area contributed by atoms with Crippen LogP contribution in [0.2, 0.25) is 0 Å². The van der Waals surface area contributed by atoms with Crippen LogP contribution in [0.4, 0.5) is 10.5 Å². The maximum Gasteiger partial charge on any atom is 0.290 e. The number of aryl methyl sites for hydroxylation is 1. The Bertz CT molecular complexity index is 447. The van der Waals surface area contributed by atoms with Gasteiger partial charge < -0.3 is 5.32 Å². The van der Waals surface area contributed by atoms with E-state index < -0.39 is 5.37 Å². The molecule has 1 aromatic rings. The highest BCUT2D eigenvalue weighted by atomic mass is 32.2. The Hall–Kier alpha value is -1.49. The lowest BCUT2D eigenvalue weighted by atomic mass is 10.2. The standard InChI is InChI=1S/C11H12N2O2S/c1-7-4-3-5-8(6-7)12-9-10(14)13(2)11(15)16-9/h3-6,9,12H,1-2H3. The number of hydrogen-bond acceptors (Lipinski definition) is 4. The normalized spacial score (nSPS) is 20.4. The largest absolute Gasteiger partial charge is 0.365 e. The van der Waals surface area contributed by atoms with E-state index in [9.17, 15) is 9.59 Å². The number of carbonyl (C=O) groups excluding carboxylic acids is 2. The monoisotopic (exact) mass is 236 g/mol. The molecule has 1 aromatic carbocycles. The zero-order chi connectivity index (χ0) is 11.7. The summed E-state index contributed by atoms with van der Waals surface area (Å²) in [6.07, 6.45) is 0. The zero-order valence-electron chi connectivity index (χ0n) is 9.06. The Morgan fingerprint density at radius 3 is 2.69 bits per heavy atom. The second kappa shape index (κ2) is 4.17. The topological polar surface area (TPSA) is 49.4 Å². The van der Waals surface area contributed by atoms with E-state index in [0.717, 1.165) is 27.9 Å². The number of likely N-dealkylation sites (N-methyl/N-ethyl adjacent to an activating group) is 1. The molecule has 0 radical (unpaired) electrons. The molecule has 5 heteroatoms. The summed E-state index contributed by atoms with van der Waals surface area (Å²) in [5.74, 6) is -0.198. The Morgan fingerprint density at radius 2 is 2.12 bits per heavy atom. The highest BCUT2D eigenvalue weighted by molar-refractivity contribution is 8.15. The molecule has 0 saturated carbocycles. The molecule has 0 aromatic heterocycles. The van der Waals surface area contributed by atoms with E-state index in [1.807, 2.05) is 31.2 Å². The SMILES string of the molecule is Cc1cccc(NC2SC(=O)N(C)C2=O)c1. The average molecular weight is 236 g/mol. The maximum absolute atomic E-state index is 11.6. The summed E-state index contributed by atoms with van der Waals surface area (Å²) >= 11 is 1.01. The first-order valence-corrected chi connectivity index (χ1v) is 5.77. The molecule has 16 heavy (non-hydrogen) atoms. The fourth-order valence-corrected chi connectivity index (χ4v) is 2.38. The molecule has 1 aliphatic heterocycles. The Morgan fingerprint density at radius 1 is 1.38 bits per heavy atom. The molecule has 0 spiro atoms. The van der Waals surface area contributed by atoms with E-state index in [1.165, 1.54) is 7.05 Å². The first-order valence-electron chi connectivity index (χ1n) is 4.89. The number of nitrogens with zero attached hydrogens (tertiary/aromatic N) is 1. The number of amides is 2. The van der Waals surface area contributed by atoms with Crippen LogP contribution in [0, 0.1) is 6.92 Å². The van der Waals surface area contributed by atoms with Gasteiger partial charge in [-0.15, -0.1) is 0 Å². The molecule has 4 nitrogen and oxygen atoms in total. The predicted octanol–water partition coefficient (Wildman–Crippen LogP) is 2.06. The Balaban J connectivity index is 2.12. The number of benzene rings is 1. The van der Waals surface area contributed by atoms with Crippen LogP contribution in [-0.4, -0.2) is 28.5 Å². The van der Waals surface area contributed by atoms with Gasteiger partial charge in [0.1, 0.15) is 0 Å². The minimum Gasteiger partial charge on any atom is -0.365 e. The first kappa shape index (κ1) is 11.0. The van der Waals surface area contributed by atoms with Crippen molar-refractivity contribution in [2.45, 2.75) is 12.3 Å². The molecule has 1 unspecified atom stereocenters. The van der Waals surface area contributed by atoms with Gasteiger partial charge in [0.2, 0.25) is 0 Å². The highest BCUT2D eigenvalue weighted by Gasteiger charge is 2.36. The molecule has 1 aliphatic rings. The molecule has 1 heterocycles. The molecule has 0 bridgehead atoms. The third kappa shape index (κ3) is 2.04. The molecular weight excluding hydrogens is 224 g/mol.